The second-order valence-electron chi connectivity index (χ2n) is 5.28. The largest absolute Gasteiger partial charge is 0.487 e. The third kappa shape index (κ3) is 2.86. The molecule has 1 unspecified atom stereocenters. The number of rotatable bonds is 5. The topological polar surface area (TPSA) is 48.1 Å². The molecule has 1 atom stereocenters. The van der Waals surface area contributed by atoms with E-state index in [1.54, 1.807) is 11.3 Å². The lowest BCUT2D eigenvalue weighted by Crippen LogP contribution is -2.05. The van der Waals surface area contributed by atoms with Gasteiger partial charge >= 0.3 is 0 Å². The third-order valence-corrected chi connectivity index (χ3v) is 4.65. The number of hydrogen-bond acceptors (Lipinski definition) is 4. The molecule has 1 heterocycles. The van der Waals surface area contributed by atoms with Crippen molar-refractivity contribution in [2.75, 3.05) is 0 Å². The summed E-state index contributed by atoms with van der Waals surface area (Å²) in [6.07, 6.45) is 4.30. The fourth-order valence-electron chi connectivity index (χ4n) is 2.62. The molecule has 2 aromatic rings. The number of thiazole rings is 1. The Morgan fingerprint density at radius 3 is 3.20 bits per heavy atom. The number of benzene rings is 1. The molecule has 1 aromatic heterocycles. The lowest BCUT2D eigenvalue weighted by molar-refractivity contribution is 0.301. The predicted molar refractivity (Wildman–Crippen MR) is 82.1 cm³/mol. The Balaban J connectivity index is 1.63. The summed E-state index contributed by atoms with van der Waals surface area (Å²) in [4.78, 5) is 4.57. The van der Waals surface area contributed by atoms with E-state index in [-0.39, 0.29) is 6.04 Å². The van der Waals surface area contributed by atoms with E-state index in [2.05, 4.69) is 29.4 Å². The molecule has 3 nitrogen and oxygen atoms in total. The zero-order valence-electron chi connectivity index (χ0n) is 11.8. The van der Waals surface area contributed by atoms with Crippen LogP contribution in [0.5, 0.6) is 5.75 Å². The quantitative estimate of drug-likeness (QED) is 0.914. The number of nitrogens with zero attached hydrogens (tertiary/aromatic N) is 1. The number of hydrogen-bond donors (Lipinski definition) is 1. The molecule has 0 bridgehead atoms. The van der Waals surface area contributed by atoms with Crippen LogP contribution < -0.4 is 10.5 Å². The van der Waals surface area contributed by atoms with Gasteiger partial charge in [-0.25, -0.2) is 4.98 Å². The predicted octanol–water partition coefficient (Wildman–Crippen LogP) is 3.62. The Bertz CT molecular complexity index is 594. The molecule has 106 valence electrons. The highest BCUT2D eigenvalue weighted by Crippen LogP contribution is 2.32. The molecule has 0 saturated heterocycles. The van der Waals surface area contributed by atoms with Crippen LogP contribution in [0.1, 0.15) is 47.6 Å². The van der Waals surface area contributed by atoms with E-state index in [0.29, 0.717) is 6.61 Å². The van der Waals surface area contributed by atoms with Crippen molar-refractivity contribution in [3.63, 3.8) is 0 Å². The zero-order chi connectivity index (χ0) is 13.9. The molecule has 1 aliphatic carbocycles. The minimum absolute atomic E-state index is 0.203. The van der Waals surface area contributed by atoms with Crippen LogP contribution >= 0.6 is 11.3 Å². The maximum atomic E-state index is 6.04. The van der Waals surface area contributed by atoms with E-state index >= 15 is 0 Å². The van der Waals surface area contributed by atoms with Crippen LogP contribution in [0.3, 0.4) is 0 Å². The summed E-state index contributed by atoms with van der Waals surface area (Å²) in [5.41, 5.74) is 9.67. The van der Waals surface area contributed by atoms with Gasteiger partial charge in [0.1, 0.15) is 12.4 Å². The van der Waals surface area contributed by atoms with E-state index in [4.69, 9.17) is 10.5 Å². The molecule has 0 amide bonds. The van der Waals surface area contributed by atoms with Gasteiger partial charge in [0.05, 0.1) is 10.7 Å². The van der Waals surface area contributed by atoms with E-state index in [9.17, 15) is 0 Å². The van der Waals surface area contributed by atoms with Crippen molar-refractivity contribution in [1.82, 2.24) is 4.98 Å². The van der Waals surface area contributed by atoms with Gasteiger partial charge in [0.15, 0.2) is 0 Å². The van der Waals surface area contributed by atoms with Gasteiger partial charge in [0.2, 0.25) is 0 Å². The molecule has 4 heteroatoms. The van der Waals surface area contributed by atoms with Crippen molar-refractivity contribution in [2.45, 2.75) is 45.3 Å². The van der Waals surface area contributed by atoms with Crippen molar-refractivity contribution in [2.24, 2.45) is 5.73 Å². The van der Waals surface area contributed by atoms with Gasteiger partial charge in [0.25, 0.3) is 0 Å². The van der Waals surface area contributed by atoms with Crippen LogP contribution in [0.2, 0.25) is 0 Å². The highest BCUT2D eigenvalue weighted by molar-refractivity contribution is 7.09. The first-order valence-electron chi connectivity index (χ1n) is 7.20. The average molecular weight is 288 g/mol. The molecule has 0 radical (unpaired) electrons. The SMILES string of the molecule is CCCc1nc(COc2ccc3c(c2)CCC3N)cs1. The van der Waals surface area contributed by atoms with E-state index < -0.39 is 0 Å². The molecule has 2 N–H and O–H groups in total. The fraction of sp³-hybridized carbons (Fsp3) is 0.438. The molecule has 3 rings (SSSR count). The van der Waals surface area contributed by atoms with Crippen molar-refractivity contribution in [1.29, 1.82) is 0 Å². The molecule has 0 saturated carbocycles. The van der Waals surface area contributed by atoms with Gasteiger partial charge in [-0.3, -0.25) is 0 Å². The number of aryl methyl sites for hydroxylation is 2. The van der Waals surface area contributed by atoms with Crippen LogP contribution in [-0.2, 0) is 19.4 Å². The van der Waals surface area contributed by atoms with Crippen LogP contribution in [0, 0.1) is 0 Å². The van der Waals surface area contributed by atoms with Crippen LogP contribution in [-0.4, -0.2) is 4.98 Å². The van der Waals surface area contributed by atoms with Gasteiger partial charge in [-0.05, 0) is 48.9 Å². The number of fused-ring (bicyclic) bond motifs is 1. The van der Waals surface area contributed by atoms with Crippen molar-refractivity contribution < 1.29 is 4.74 Å². The number of aromatic nitrogens is 1. The summed E-state index contributed by atoms with van der Waals surface area (Å²) in [6, 6.07) is 6.45. The van der Waals surface area contributed by atoms with Gasteiger partial charge in [-0.15, -0.1) is 11.3 Å². The Morgan fingerprint density at radius 1 is 1.45 bits per heavy atom. The van der Waals surface area contributed by atoms with Crippen molar-refractivity contribution in [3.05, 3.63) is 45.4 Å². The Hall–Kier alpha value is -1.39. The molecule has 1 aromatic carbocycles. The van der Waals surface area contributed by atoms with Gasteiger partial charge in [0, 0.05) is 11.4 Å². The second kappa shape index (κ2) is 5.94. The summed E-state index contributed by atoms with van der Waals surface area (Å²) in [5, 5.41) is 3.29. The van der Waals surface area contributed by atoms with E-state index in [0.717, 1.165) is 37.1 Å². The second-order valence-corrected chi connectivity index (χ2v) is 6.22. The number of nitrogens with two attached hydrogens (primary N) is 1. The highest BCUT2D eigenvalue weighted by Gasteiger charge is 2.19. The molecule has 1 aliphatic rings. The normalized spacial score (nSPS) is 17.2. The molecule has 0 fully saturated rings. The minimum Gasteiger partial charge on any atom is -0.487 e. The molecule has 0 spiro atoms. The summed E-state index contributed by atoms with van der Waals surface area (Å²) < 4.78 is 5.85. The van der Waals surface area contributed by atoms with Crippen LogP contribution in [0.15, 0.2) is 23.6 Å². The standard InChI is InChI=1S/C16H20N2OS/c1-2-3-16-18-12(10-20-16)9-19-13-5-6-14-11(8-13)4-7-15(14)17/h5-6,8,10,15H,2-4,7,9,17H2,1H3. The Labute approximate surface area is 123 Å². The van der Waals surface area contributed by atoms with E-state index in [1.807, 2.05) is 6.07 Å². The molecular formula is C16H20N2OS. The van der Waals surface area contributed by atoms with Crippen LogP contribution in [0.4, 0.5) is 0 Å². The van der Waals surface area contributed by atoms with Crippen molar-refractivity contribution in [3.8, 4) is 5.75 Å². The highest BCUT2D eigenvalue weighted by atomic mass is 32.1. The van der Waals surface area contributed by atoms with E-state index in [1.165, 1.54) is 16.1 Å². The van der Waals surface area contributed by atoms with Gasteiger partial charge in [-0.2, -0.15) is 0 Å². The summed E-state index contributed by atoms with van der Waals surface area (Å²) >= 11 is 1.72. The first-order chi connectivity index (χ1) is 9.76. The minimum atomic E-state index is 0.203. The maximum Gasteiger partial charge on any atom is 0.131 e. The first kappa shape index (κ1) is 13.6. The smallest absolute Gasteiger partial charge is 0.131 e. The van der Waals surface area contributed by atoms with Crippen molar-refractivity contribution >= 4 is 11.3 Å². The first-order valence-corrected chi connectivity index (χ1v) is 8.08. The van der Waals surface area contributed by atoms with Gasteiger partial charge in [-0.1, -0.05) is 13.0 Å². The van der Waals surface area contributed by atoms with Crippen LogP contribution in [0.25, 0.3) is 0 Å². The average Bonchev–Trinajstić information content (AvgIpc) is 3.04. The maximum absolute atomic E-state index is 6.04. The summed E-state index contributed by atoms with van der Waals surface area (Å²) in [7, 11) is 0. The third-order valence-electron chi connectivity index (χ3n) is 3.69. The molecule has 0 aliphatic heterocycles. The van der Waals surface area contributed by atoms with Gasteiger partial charge < -0.3 is 10.5 Å². The monoisotopic (exact) mass is 288 g/mol. The lowest BCUT2D eigenvalue weighted by atomic mass is 10.1. The lowest BCUT2D eigenvalue weighted by Gasteiger charge is -2.08. The fourth-order valence-corrected chi connectivity index (χ4v) is 3.50. The zero-order valence-corrected chi connectivity index (χ0v) is 12.6. The Kier molecular flexibility index (Phi) is 4.03. The summed E-state index contributed by atoms with van der Waals surface area (Å²) in [5.74, 6) is 0.919. The summed E-state index contributed by atoms with van der Waals surface area (Å²) in [6.45, 7) is 2.72. The molecule has 20 heavy (non-hydrogen) atoms. The Morgan fingerprint density at radius 2 is 2.35 bits per heavy atom. The molecular weight excluding hydrogens is 268 g/mol. The number of ether oxygens (including phenoxy) is 1.